The highest BCUT2D eigenvalue weighted by Gasteiger charge is 2.45. The lowest BCUT2D eigenvalue weighted by molar-refractivity contribution is -0.117. The molecule has 1 amide bonds. The molecule has 3 heteroatoms. The van der Waals surface area contributed by atoms with Crippen LogP contribution in [0.2, 0.25) is 0 Å². The van der Waals surface area contributed by atoms with Crippen LogP contribution in [0.25, 0.3) is 0 Å². The van der Waals surface area contributed by atoms with Crippen molar-refractivity contribution in [1.82, 2.24) is 10.6 Å². The Bertz CT molecular complexity index is 439. The van der Waals surface area contributed by atoms with Gasteiger partial charge in [0.15, 0.2) is 0 Å². The second-order valence-electron chi connectivity index (χ2n) is 5.19. The highest BCUT2D eigenvalue weighted by Crippen LogP contribution is 2.39. The number of allylic oxidation sites excluding steroid dienone is 4. The fourth-order valence-electron chi connectivity index (χ4n) is 3.04. The van der Waals surface area contributed by atoms with Gasteiger partial charge in [-0.3, -0.25) is 4.79 Å². The molecular formula is C14H18N2O. The molecule has 1 aliphatic carbocycles. The van der Waals surface area contributed by atoms with E-state index in [0.29, 0.717) is 5.92 Å². The molecule has 0 aromatic carbocycles. The lowest BCUT2D eigenvalue weighted by Gasteiger charge is -2.34. The van der Waals surface area contributed by atoms with Crippen LogP contribution in [0.5, 0.6) is 0 Å². The van der Waals surface area contributed by atoms with Crippen LogP contribution in [-0.4, -0.2) is 24.5 Å². The maximum atomic E-state index is 12.1. The minimum Gasteiger partial charge on any atom is -0.342 e. The molecule has 1 unspecified atom stereocenters. The average molecular weight is 230 g/mol. The van der Waals surface area contributed by atoms with E-state index in [1.54, 1.807) is 0 Å². The SMILES string of the molecule is CC1C=CC=C2C(=C1)C(=O)NC21CCNCC1. The van der Waals surface area contributed by atoms with E-state index in [9.17, 15) is 4.79 Å². The minimum atomic E-state index is -0.109. The van der Waals surface area contributed by atoms with Crippen LogP contribution in [0.1, 0.15) is 19.8 Å². The third-order valence-corrected chi connectivity index (χ3v) is 3.97. The maximum absolute atomic E-state index is 12.1. The molecule has 0 aromatic rings. The fourth-order valence-corrected chi connectivity index (χ4v) is 3.04. The number of nitrogens with one attached hydrogen (secondary N) is 2. The molecule has 1 spiro atoms. The Morgan fingerprint density at radius 3 is 2.88 bits per heavy atom. The van der Waals surface area contributed by atoms with Crippen molar-refractivity contribution >= 4 is 5.91 Å². The summed E-state index contributed by atoms with van der Waals surface area (Å²) in [6.07, 6.45) is 10.4. The molecule has 3 nitrogen and oxygen atoms in total. The van der Waals surface area contributed by atoms with Gasteiger partial charge in [0, 0.05) is 5.57 Å². The number of fused-ring (bicyclic) bond motifs is 2. The molecule has 90 valence electrons. The summed E-state index contributed by atoms with van der Waals surface area (Å²) in [5, 5.41) is 6.56. The largest absolute Gasteiger partial charge is 0.342 e. The molecule has 0 bridgehead atoms. The zero-order valence-corrected chi connectivity index (χ0v) is 10.1. The van der Waals surface area contributed by atoms with Crippen molar-refractivity contribution in [3.8, 4) is 0 Å². The van der Waals surface area contributed by atoms with E-state index in [1.165, 1.54) is 5.57 Å². The van der Waals surface area contributed by atoms with Crippen molar-refractivity contribution in [1.29, 1.82) is 0 Å². The number of carbonyl (C=O) groups is 1. The first-order valence-corrected chi connectivity index (χ1v) is 6.36. The zero-order valence-electron chi connectivity index (χ0n) is 10.1. The Morgan fingerprint density at radius 1 is 1.35 bits per heavy atom. The van der Waals surface area contributed by atoms with E-state index in [4.69, 9.17) is 0 Å². The van der Waals surface area contributed by atoms with Gasteiger partial charge in [-0.1, -0.05) is 31.2 Å². The Morgan fingerprint density at radius 2 is 2.12 bits per heavy atom. The maximum Gasteiger partial charge on any atom is 0.252 e. The number of amides is 1. The van der Waals surface area contributed by atoms with Gasteiger partial charge in [-0.2, -0.15) is 0 Å². The first-order valence-electron chi connectivity index (χ1n) is 6.36. The van der Waals surface area contributed by atoms with Gasteiger partial charge < -0.3 is 10.6 Å². The van der Waals surface area contributed by atoms with E-state index in [-0.39, 0.29) is 11.4 Å². The second-order valence-corrected chi connectivity index (χ2v) is 5.19. The van der Waals surface area contributed by atoms with Crippen LogP contribution >= 0.6 is 0 Å². The quantitative estimate of drug-likeness (QED) is 0.658. The van der Waals surface area contributed by atoms with Gasteiger partial charge in [0.05, 0.1) is 5.54 Å². The summed E-state index contributed by atoms with van der Waals surface area (Å²) in [6.45, 7) is 4.06. The smallest absolute Gasteiger partial charge is 0.252 e. The van der Waals surface area contributed by atoms with Gasteiger partial charge >= 0.3 is 0 Å². The second kappa shape index (κ2) is 3.84. The van der Waals surface area contributed by atoms with Gasteiger partial charge in [0.25, 0.3) is 5.91 Å². The normalized spacial score (nSPS) is 30.4. The topological polar surface area (TPSA) is 41.1 Å². The Labute approximate surface area is 102 Å². The molecule has 0 saturated carbocycles. The van der Waals surface area contributed by atoms with Crippen LogP contribution in [0.15, 0.2) is 35.5 Å². The minimum absolute atomic E-state index is 0.105. The molecule has 2 heterocycles. The molecule has 2 saturated heterocycles. The molecule has 2 N–H and O–H groups in total. The standard InChI is InChI=1S/C14H18N2O/c1-10-3-2-4-12-11(9-10)13(17)16-14(12)5-7-15-8-6-14/h2-4,9-10,15H,5-8H2,1H3,(H,16,17). The number of hydrogen-bond acceptors (Lipinski definition) is 2. The van der Waals surface area contributed by atoms with Gasteiger partial charge in [-0.05, 0) is 37.4 Å². The van der Waals surface area contributed by atoms with Crippen LogP contribution in [0.4, 0.5) is 0 Å². The highest BCUT2D eigenvalue weighted by molar-refractivity contribution is 6.03. The van der Waals surface area contributed by atoms with Crippen molar-refractivity contribution in [2.75, 3.05) is 13.1 Å². The molecule has 1 atom stereocenters. The van der Waals surface area contributed by atoms with Gasteiger partial charge in [-0.15, -0.1) is 0 Å². The monoisotopic (exact) mass is 230 g/mol. The summed E-state index contributed by atoms with van der Waals surface area (Å²) in [5.74, 6) is 0.440. The van der Waals surface area contributed by atoms with Crippen LogP contribution < -0.4 is 10.6 Å². The Kier molecular flexibility index (Phi) is 2.44. The third-order valence-electron chi connectivity index (χ3n) is 3.97. The average Bonchev–Trinajstić information content (AvgIpc) is 2.50. The first kappa shape index (κ1) is 10.8. The molecule has 0 radical (unpaired) electrons. The molecule has 3 aliphatic rings. The van der Waals surface area contributed by atoms with Gasteiger partial charge in [0.2, 0.25) is 0 Å². The molecular weight excluding hydrogens is 212 g/mol. The summed E-state index contributed by atoms with van der Waals surface area (Å²) in [7, 11) is 0. The predicted molar refractivity (Wildman–Crippen MR) is 67.4 cm³/mol. The Balaban J connectivity index is 2.05. The third kappa shape index (κ3) is 1.65. The first-order chi connectivity index (χ1) is 8.21. The van der Waals surface area contributed by atoms with E-state index < -0.39 is 0 Å². The lowest BCUT2D eigenvalue weighted by Crippen LogP contribution is -2.50. The summed E-state index contributed by atoms with van der Waals surface area (Å²) >= 11 is 0. The molecule has 2 aliphatic heterocycles. The lowest BCUT2D eigenvalue weighted by atomic mass is 9.81. The van der Waals surface area contributed by atoms with Gasteiger partial charge in [-0.25, -0.2) is 0 Å². The van der Waals surface area contributed by atoms with E-state index >= 15 is 0 Å². The van der Waals surface area contributed by atoms with Gasteiger partial charge in [0.1, 0.15) is 0 Å². The summed E-state index contributed by atoms with van der Waals surface area (Å²) in [6, 6.07) is 0. The van der Waals surface area contributed by atoms with Crippen LogP contribution in [-0.2, 0) is 4.79 Å². The molecule has 3 rings (SSSR count). The summed E-state index contributed by atoms with van der Waals surface area (Å²) < 4.78 is 0. The highest BCUT2D eigenvalue weighted by atomic mass is 16.2. The Hall–Kier alpha value is -1.35. The van der Waals surface area contributed by atoms with Crippen molar-refractivity contribution in [3.05, 3.63) is 35.5 Å². The summed E-state index contributed by atoms with van der Waals surface area (Å²) in [4.78, 5) is 12.1. The van der Waals surface area contributed by atoms with E-state index in [2.05, 4.69) is 41.9 Å². The molecule has 17 heavy (non-hydrogen) atoms. The van der Waals surface area contributed by atoms with Crippen LogP contribution in [0, 0.1) is 5.92 Å². The van der Waals surface area contributed by atoms with Crippen molar-refractivity contribution in [3.63, 3.8) is 0 Å². The van der Waals surface area contributed by atoms with Crippen molar-refractivity contribution < 1.29 is 4.79 Å². The number of hydrogen-bond donors (Lipinski definition) is 2. The fraction of sp³-hybridized carbons (Fsp3) is 0.500. The summed E-state index contributed by atoms with van der Waals surface area (Å²) in [5.41, 5.74) is 1.98. The molecule has 0 aromatic heterocycles. The predicted octanol–water partition coefficient (Wildman–Crippen LogP) is 1.30. The zero-order chi connectivity index (χ0) is 11.9. The van der Waals surface area contributed by atoms with E-state index in [0.717, 1.165) is 31.5 Å². The van der Waals surface area contributed by atoms with Crippen molar-refractivity contribution in [2.45, 2.75) is 25.3 Å². The number of carbonyl (C=O) groups excluding carboxylic acids is 1. The van der Waals surface area contributed by atoms with Crippen molar-refractivity contribution in [2.24, 2.45) is 5.92 Å². The number of rotatable bonds is 0. The van der Waals surface area contributed by atoms with E-state index in [1.807, 2.05) is 0 Å². The number of piperidine rings is 1. The molecule has 2 fully saturated rings. The van der Waals surface area contributed by atoms with Crippen LogP contribution in [0.3, 0.4) is 0 Å².